The van der Waals surface area contributed by atoms with E-state index in [1.165, 1.54) is 0 Å². The number of rotatable bonds is 3. The second-order valence-corrected chi connectivity index (χ2v) is 6.80. The van der Waals surface area contributed by atoms with Crippen molar-refractivity contribution in [3.63, 3.8) is 0 Å². The molecule has 3 nitrogen and oxygen atoms in total. The summed E-state index contributed by atoms with van der Waals surface area (Å²) >= 11 is 0. The van der Waals surface area contributed by atoms with Crippen molar-refractivity contribution in [2.24, 2.45) is 0 Å². The first-order valence-electron chi connectivity index (χ1n) is 6.47. The van der Waals surface area contributed by atoms with Gasteiger partial charge >= 0.3 is 0 Å². The first-order chi connectivity index (χ1) is 9.31. The highest BCUT2D eigenvalue weighted by molar-refractivity contribution is 7.92. The lowest BCUT2D eigenvalue weighted by Gasteiger charge is -2.15. The van der Waals surface area contributed by atoms with Crippen LogP contribution in [-0.2, 0) is 10.0 Å². The standard InChI is InChI=1S/C16H19NO2S/c1-11-9-13(3)16(14(4)10-11)17-20(18,19)15-8-6-5-7-12(15)2/h5-10,17H,1-4H3. The molecule has 0 spiro atoms. The molecule has 0 aliphatic carbocycles. The molecule has 4 heteroatoms. The van der Waals surface area contributed by atoms with Crippen molar-refractivity contribution < 1.29 is 8.42 Å². The Labute approximate surface area is 120 Å². The van der Waals surface area contributed by atoms with Gasteiger partial charge in [-0.15, -0.1) is 0 Å². The molecule has 0 atom stereocenters. The van der Waals surface area contributed by atoms with Gasteiger partial charge in [0.1, 0.15) is 0 Å². The van der Waals surface area contributed by atoms with Crippen LogP contribution in [0.25, 0.3) is 0 Å². The van der Waals surface area contributed by atoms with Gasteiger partial charge in [-0.3, -0.25) is 4.72 Å². The Morgan fingerprint density at radius 2 is 1.40 bits per heavy atom. The molecule has 106 valence electrons. The Morgan fingerprint density at radius 3 is 1.95 bits per heavy atom. The Balaban J connectivity index is 2.47. The van der Waals surface area contributed by atoms with Crippen molar-refractivity contribution in [3.8, 4) is 0 Å². The van der Waals surface area contributed by atoms with Gasteiger partial charge in [0.2, 0.25) is 0 Å². The maximum atomic E-state index is 12.5. The predicted molar refractivity (Wildman–Crippen MR) is 82.6 cm³/mol. The van der Waals surface area contributed by atoms with E-state index in [0.29, 0.717) is 10.6 Å². The first kappa shape index (κ1) is 14.6. The van der Waals surface area contributed by atoms with Gasteiger partial charge in [0.15, 0.2) is 0 Å². The van der Waals surface area contributed by atoms with E-state index >= 15 is 0 Å². The van der Waals surface area contributed by atoms with E-state index in [1.54, 1.807) is 25.1 Å². The third kappa shape index (κ3) is 2.85. The smallest absolute Gasteiger partial charge is 0.262 e. The molecule has 0 unspecified atom stereocenters. The highest BCUT2D eigenvalue weighted by Gasteiger charge is 2.18. The summed E-state index contributed by atoms with van der Waals surface area (Å²) in [4.78, 5) is 0.319. The normalized spacial score (nSPS) is 11.4. The van der Waals surface area contributed by atoms with E-state index in [4.69, 9.17) is 0 Å². The molecule has 1 N–H and O–H groups in total. The van der Waals surface area contributed by atoms with Crippen LogP contribution >= 0.6 is 0 Å². The average Bonchev–Trinajstić information content (AvgIpc) is 2.34. The Bertz CT molecular complexity index is 726. The van der Waals surface area contributed by atoms with Crippen molar-refractivity contribution in [1.82, 2.24) is 0 Å². The number of anilines is 1. The van der Waals surface area contributed by atoms with E-state index in [1.807, 2.05) is 39.0 Å². The maximum absolute atomic E-state index is 12.5. The molecule has 2 aromatic carbocycles. The molecule has 0 aliphatic heterocycles. The largest absolute Gasteiger partial charge is 0.279 e. The summed E-state index contributed by atoms with van der Waals surface area (Å²) in [7, 11) is -3.55. The van der Waals surface area contributed by atoms with Crippen LogP contribution in [0.3, 0.4) is 0 Å². The van der Waals surface area contributed by atoms with Crippen LogP contribution in [0.2, 0.25) is 0 Å². The van der Waals surface area contributed by atoms with Gasteiger partial charge in [-0.2, -0.15) is 0 Å². The van der Waals surface area contributed by atoms with Crippen molar-refractivity contribution in [1.29, 1.82) is 0 Å². The van der Waals surface area contributed by atoms with Gasteiger partial charge in [-0.1, -0.05) is 35.9 Å². The van der Waals surface area contributed by atoms with Gasteiger partial charge < -0.3 is 0 Å². The lowest BCUT2D eigenvalue weighted by atomic mass is 10.1. The maximum Gasteiger partial charge on any atom is 0.262 e. The van der Waals surface area contributed by atoms with Gasteiger partial charge in [-0.25, -0.2) is 8.42 Å². The van der Waals surface area contributed by atoms with Crippen LogP contribution in [0.1, 0.15) is 22.3 Å². The van der Waals surface area contributed by atoms with Crippen LogP contribution in [0.15, 0.2) is 41.3 Å². The van der Waals surface area contributed by atoms with E-state index < -0.39 is 10.0 Å². The summed E-state index contributed by atoms with van der Waals surface area (Å²) in [6, 6.07) is 10.9. The average molecular weight is 289 g/mol. The SMILES string of the molecule is Cc1cc(C)c(NS(=O)(=O)c2ccccc2C)c(C)c1. The van der Waals surface area contributed by atoms with Crippen LogP contribution in [0, 0.1) is 27.7 Å². The second-order valence-electron chi connectivity index (χ2n) is 5.14. The fourth-order valence-electron chi connectivity index (χ4n) is 2.39. The highest BCUT2D eigenvalue weighted by atomic mass is 32.2. The molecule has 0 fully saturated rings. The molecule has 2 aromatic rings. The van der Waals surface area contributed by atoms with Gasteiger partial charge in [-0.05, 0) is 50.5 Å². The minimum Gasteiger partial charge on any atom is -0.279 e. The molecule has 0 aliphatic rings. The fourth-order valence-corrected chi connectivity index (χ4v) is 3.84. The van der Waals surface area contributed by atoms with Crippen molar-refractivity contribution in [2.45, 2.75) is 32.6 Å². The number of benzene rings is 2. The number of sulfonamides is 1. The number of hydrogen-bond acceptors (Lipinski definition) is 2. The molecule has 20 heavy (non-hydrogen) atoms. The summed E-state index contributed by atoms with van der Waals surface area (Å²) < 4.78 is 27.7. The van der Waals surface area contributed by atoms with Gasteiger partial charge in [0, 0.05) is 0 Å². The van der Waals surface area contributed by atoms with Crippen LogP contribution < -0.4 is 4.72 Å². The lowest BCUT2D eigenvalue weighted by molar-refractivity contribution is 0.600. The first-order valence-corrected chi connectivity index (χ1v) is 7.96. The molecule has 0 saturated heterocycles. The number of aryl methyl sites for hydroxylation is 4. The molecule has 0 saturated carbocycles. The molecule has 0 heterocycles. The highest BCUT2D eigenvalue weighted by Crippen LogP contribution is 2.26. The van der Waals surface area contributed by atoms with Gasteiger partial charge in [0.05, 0.1) is 10.6 Å². The molecule has 2 rings (SSSR count). The van der Waals surface area contributed by atoms with Crippen LogP contribution in [-0.4, -0.2) is 8.42 Å². The monoisotopic (exact) mass is 289 g/mol. The zero-order valence-electron chi connectivity index (χ0n) is 12.2. The lowest BCUT2D eigenvalue weighted by Crippen LogP contribution is -2.15. The third-order valence-electron chi connectivity index (χ3n) is 3.30. The van der Waals surface area contributed by atoms with Gasteiger partial charge in [0.25, 0.3) is 10.0 Å². The Kier molecular flexibility index (Phi) is 3.86. The summed E-state index contributed by atoms with van der Waals surface area (Å²) in [6.45, 7) is 7.62. The number of nitrogens with one attached hydrogen (secondary N) is 1. The van der Waals surface area contributed by atoms with E-state index in [0.717, 1.165) is 22.3 Å². The minimum atomic E-state index is -3.55. The Morgan fingerprint density at radius 1 is 0.850 bits per heavy atom. The third-order valence-corrected chi connectivity index (χ3v) is 4.81. The zero-order chi connectivity index (χ0) is 14.9. The van der Waals surface area contributed by atoms with E-state index in [2.05, 4.69) is 4.72 Å². The topological polar surface area (TPSA) is 46.2 Å². The van der Waals surface area contributed by atoms with E-state index in [-0.39, 0.29) is 0 Å². The second kappa shape index (κ2) is 5.29. The predicted octanol–water partition coefficient (Wildman–Crippen LogP) is 3.72. The van der Waals surface area contributed by atoms with Crippen molar-refractivity contribution in [2.75, 3.05) is 4.72 Å². The zero-order valence-corrected chi connectivity index (χ0v) is 13.0. The van der Waals surface area contributed by atoms with Crippen LogP contribution in [0.5, 0.6) is 0 Å². The molecule has 0 radical (unpaired) electrons. The number of hydrogen-bond donors (Lipinski definition) is 1. The summed E-state index contributed by atoms with van der Waals surface area (Å²) in [5.74, 6) is 0. The molecule has 0 aromatic heterocycles. The molecule has 0 bridgehead atoms. The summed E-state index contributed by atoms with van der Waals surface area (Å²) in [6.07, 6.45) is 0. The summed E-state index contributed by atoms with van der Waals surface area (Å²) in [5.41, 5.74) is 4.39. The molecule has 0 amide bonds. The van der Waals surface area contributed by atoms with E-state index in [9.17, 15) is 8.42 Å². The quantitative estimate of drug-likeness (QED) is 0.936. The van der Waals surface area contributed by atoms with Crippen molar-refractivity contribution >= 4 is 15.7 Å². The Hall–Kier alpha value is -1.81. The minimum absolute atomic E-state index is 0.319. The fraction of sp³-hybridized carbons (Fsp3) is 0.250. The molecular formula is C16H19NO2S. The van der Waals surface area contributed by atoms with Crippen molar-refractivity contribution in [3.05, 3.63) is 58.7 Å². The van der Waals surface area contributed by atoms with Crippen LogP contribution in [0.4, 0.5) is 5.69 Å². The summed E-state index contributed by atoms with van der Waals surface area (Å²) in [5, 5.41) is 0. The molecular weight excluding hydrogens is 270 g/mol.